The standard InChI is InChI=1S/C29H28N2O/c1-19-16-20(2)22(4)25(21(19)3)17-31-27-14-8-7-13-26(27)30-29(31)18-32-28-15-9-11-23-10-5-6-12-24(23)28/h5-16H,17-18H2,1-4H3. The van der Waals surface area contributed by atoms with Crippen molar-refractivity contribution in [3.05, 3.63) is 106 Å². The fraction of sp³-hybridized carbons (Fsp3) is 0.207. The zero-order valence-corrected chi connectivity index (χ0v) is 19.1. The molecule has 0 aliphatic heterocycles. The highest BCUT2D eigenvalue weighted by Gasteiger charge is 2.16. The van der Waals surface area contributed by atoms with Gasteiger partial charge in [0, 0.05) is 5.39 Å². The van der Waals surface area contributed by atoms with Crippen LogP contribution in [0.1, 0.15) is 33.6 Å². The number of rotatable bonds is 5. The number of aromatic nitrogens is 2. The monoisotopic (exact) mass is 420 g/mol. The number of nitrogens with zero attached hydrogens (tertiary/aromatic N) is 2. The van der Waals surface area contributed by atoms with Crippen LogP contribution < -0.4 is 4.74 Å². The summed E-state index contributed by atoms with van der Waals surface area (Å²) in [6, 6.07) is 25.2. The molecule has 0 unspecified atom stereocenters. The second-order valence-electron chi connectivity index (χ2n) is 8.61. The Morgan fingerprint density at radius 1 is 0.781 bits per heavy atom. The Balaban J connectivity index is 1.56. The van der Waals surface area contributed by atoms with Gasteiger partial charge in [-0.05, 0) is 79.1 Å². The number of ether oxygens (including phenoxy) is 1. The molecule has 1 heterocycles. The highest BCUT2D eigenvalue weighted by molar-refractivity contribution is 5.88. The smallest absolute Gasteiger partial charge is 0.148 e. The molecule has 1 aromatic heterocycles. The summed E-state index contributed by atoms with van der Waals surface area (Å²) < 4.78 is 8.65. The topological polar surface area (TPSA) is 27.1 Å². The van der Waals surface area contributed by atoms with Gasteiger partial charge >= 0.3 is 0 Å². The molecule has 32 heavy (non-hydrogen) atoms. The van der Waals surface area contributed by atoms with E-state index in [4.69, 9.17) is 9.72 Å². The summed E-state index contributed by atoms with van der Waals surface area (Å²) in [5.74, 6) is 1.83. The van der Waals surface area contributed by atoms with Crippen LogP contribution in [0.2, 0.25) is 0 Å². The molecule has 0 fully saturated rings. The van der Waals surface area contributed by atoms with Crippen molar-refractivity contribution in [3.63, 3.8) is 0 Å². The van der Waals surface area contributed by atoms with E-state index in [1.54, 1.807) is 0 Å². The molecule has 0 aliphatic carbocycles. The predicted octanol–water partition coefficient (Wildman–Crippen LogP) is 7.05. The Labute approximate surface area is 189 Å². The van der Waals surface area contributed by atoms with E-state index in [0.29, 0.717) is 6.61 Å². The quantitative estimate of drug-likeness (QED) is 0.305. The zero-order chi connectivity index (χ0) is 22.2. The number of hydrogen-bond acceptors (Lipinski definition) is 2. The van der Waals surface area contributed by atoms with Crippen molar-refractivity contribution in [2.45, 2.75) is 40.8 Å². The molecule has 160 valence electrons. The van der Waals surface area contributed by atoms with Crippen molar-refractivity contribution in [2.75, 3.05) is 0 Å². The molecular weight excluding hydrogens is 392 g/mol. The van der Waals surface area contributed by atoms with Crippen molar-refractivity contribution in [1.82, 2.24) is 9.55 Å². The summed E-state index contributed by atoms with van der Waals surface area (Å²) in [5, 5.41) is 2.30. The molecular formula is C29H28N2O. The van der Waals surface area contributed by atoms with Gasteiger partial charge in [-0.15, -0.1) is 0 Å². The molecule has 0 bridgehead atoms. The SMILES string of the molecule is Cc1cc(C)c(C)c(Cn2c(COc3cccc4ccccc34)nc3ccccc32)c1C. The highest BCUT2D eigenvalue weighted by Crippen LogP contribution is 2.28. The average Bonchev–Trinajstić information content (AvgIpc) is 3.16. The highest BCUT2D eigenvalue weighted by atomic mass is 16.5. The summed E-state index contributed by atoms with van der Waals surface area (Å²) in [4.78, 5) is 4.95. The van der Waals surface area contributed by atoms with Crippen molar-refractivity contribution in [3.8, 4) is 5.75 Å². The molecule has 0 amide bonds. The van der Waals surface area contributed by atoms with Gasteiger partial charge < -0.3 is 9.30 Å². The van der Waals surface area contributed by atoms with E-state index < -0.39 is 0 Å². The lowest BCUT2D eigenvalue weighted by Gasteiger charge is -2.18. The Hall–Kier alpha value is -3.59. The number of aryl methyl sites for hydroxylation is 2. The third kappa shape index (κ3) is 3.54. The lowest BCUT2D eigenvalue weighted by molar-refractivity contribution is 0.295. The molecule has 0 saturated carbocycles. The minimum Gasteiger partial charge on any atom is -0.485 e. The van der Waals surface area contributed by atoms with Crippen molar-refractivity contribution in [1.29, 1.82) is 0 Å². The molecule has 0 atom stereocenters. The van der Waals surface area contributed by atoms with Gasteiger partial charge in [-0.2, -0.15) is 0 Å². The van der Waals surface area contributed by atoms with Crippen LogP contribution in [0.15, 0.2) is 72.8 Å². The van der Waals surface area contributed by atoms with E-state index >= 15 is 0 Å². The third-order valence-electron chi connectivity index (χ3n) is 6.68. The van der Waals surface area contributed by atoms with Gasteiger partial charge in [0.1, 0.15) is 18.2 Å². The summed E-state index contributed by atoms with van der Waals surface area (Å²) in [7, 11) is 0. The van der Waals surface area contributed by atoms with Crippen molar-refractivity contribution < 1.29 is 4.74 Å². The Morgan fingerprint density at radius 2 is 1.47 bits per heavy atom. The van der Waals surface area contributed by atoms with Gasteiger partial charge in [-0.25, -0.2) is 4.98 Å². The van der Waals surface area contributed by atoms with E-state index in [2.05, 4.69) is 86.9 Å². The van der Waals surface area contributed by atoms with Crippen LogP contribution in [0.25, 0.3) is 21.8 Å². The van der Waals surface area contributed by atoms with Gasteiger partial charge in [0.25, 0.3) is 0 Å². The molecule has 4 aromatic carbocycles. The third-order valence-corrected chi connectivity index (χ3v) is 6.68. The van der Waals surface area contributed by atoms with Crippen LogP contribution in [0.3, 0.4) is 0 Å². The maximum atomic E-state index is 6.34. The van der Waals surface area contributed by atoms with E-state index in [9.17, 15) is 0 Å². The normalized spacial score (nSPS) is 11.4. The summed E-state index contributed by atoms with van der Waals surface area (Å²) in [6.07, 6.45) is 0. The van der Waals surface area contributed by atoms with Crippen LogP contribution in [0.4, 0.5) is 0 Å². The predicted molar refractivity (Wildman–Crippen MR) is 133 cm³/mol. The number of benzene rings is 4. The average molecular weight is 421 g/mol. The molecule has 3 nitrogen and oxygen atoms in total. The Bertz CT molecular complexity index is 1410. The van der Waals surface area contributed by atoms with E-state index in [-0.39, 0.29) is 0 Å². The van der Waals surface area contributed by atoms with Gasteiger partial charge in [0.05, 0.1) is 17.6 Å². The first-order chi connectivity index (χ1) is 15.5. The first-order valence-electron chi connectivity index (χ1n) is 11.1. The van der Waals surface area contributed by atoms with Gasteiger partial charge in [0.15, 0.2) is 0 Å². The molecule has 0 radical (unpaired) electrons. The van der Waals surface area contributed by atoms with E-state index in [1.807, 2.05) is 18.2 Å². The van der Waals surface area contributed by atoms with Crippen LogP contribution in [-0.2, 0) is 13.2 Å². The summed E-state index contributed by atoms with van der Waals surface area (Å²) in [6.45, 7) is 10.1. The van der Waals surface area contributed by atoms with Crippen molar-refractivity contribution in [2.24, 2.45) is 0 Å². The Morgan fingerprint density at radius 3 is 2.28 bits per heavy atom. The van der Waals surface area contributed by atoms with Crippen molar-refractivity contribution >= 4 is 21.8 Å². The number of para-hydroxylation sites is 2. The minimum atomic E-state index is 0.422. The first-order valence-corrected chi connectivity index (χ1v) is 11.1. The molecule has 0 aliphatic rings. The van der Waals surface area contributed by atoms with E-state index in [0.717, 1.165) is 34.5 Å². The zero-order valence-electron chi connectivity index (χ0n) is 19.1. The minimum absolute atomic E-state index is 0.422. The molecule has 0 saturated heterocycles. The van der Waals surface area contributed by atoms with Gasteiger partial charge in [-0.3, -0.25) is 0 Å². The first kappa shape index (κ1) is 20.3. The summed E-state index contributed by atoms with van der Waals surface area (Å²) in [5.41, 5.74) is 8.89. The second-order valence-corrected chi connectivity index (χ2v) is 8.61. The molecule has 0 spiro atoms. The maximum Gasteiger partial charge on any atom is 0.148 e. The van der Waals surface area contributed by atoms with E-state index in [1.165, 1.54) is 33.2 Å². The van der Waals surface area contributed by atoms with Crippen LogP contribution in [-0.4, -0.2) is 9.55 Å². The molecule has 5 aromatic rings. The van der Waals surface area contributed by atoms with Crippen LogP contribution in [0.5, 0.6) is 5.75 Å². The lowest BCUT2D eigenvalue weighted by Crippen LogP contribution is -2.11. The molecule has 5 rings (SSSR count). The number of imidazole rings is 1. The number of fused-ring (bicyclic) bond motifs is 2. The van der Waals surface area contributed by atoms with Crippen LogP contribution in [0, 0.1) is 27.7 Å². The lowest BCUT2D eigenvalue weighted by atomic mass is 9.94. The maximum absolute atomic E-state index is 6.34. The van der Waals surface area contributed by atoms with Gasteiger partial charge in [-0.1, -0.05) is 54.6 Å². The Kier molecular flexibility index (Phi) is 5.18. The fourth-order valence-electron chi connectivity index (χ4n) is 4.57. The summed E-state index contributed by atoms with van der Waals surface area (Å²) >= 11 is 0. The number of hydrogen-bond donors (Lipinski definition) is 0. The van der Waals surface area contributed by atoms with Gasteiger partial charge in [0.2, 0.25) is 0 Å². The molecule has 0 N–H and O–H groups in total. The fourth-order valence-corrected chi connectivity index (χ4v) is 4.57. The molecule has 3 heteroatoms. The van der Waals surface area contributed by atoms with Crippen LogP contribution >= 0.6 is 0 Å². The second kappa shape index (κ2) is 8.16. The largest absolute Gasteiger partial charge is 0.485 e.